The van der Waals surface area contributed by atoms with Crippen LogP contribution >= 0.6 is 0 Å². The predicted octanol–water partition coefficient (Wildman–Crippen LogP) is 2.18. The second kappa shape index (κ2) is 4.52. The van der Waals surface area contributed by atoms with E-state index in [-0.39, 0.29) is 5.97 Å². The second-order valence-electron chi connectivity index (χ2n) is 4.70. The molecule has 0 saturated carbocycles. The van der Waals surface area contributed by atoms with Crippen LogP contribution in [0, 0.1) is 20.8 Å². The fourth-order valence-corrected chi connectivity index (χ4v) is 2.40. The molecule has 1 heterocycles. The van der Waals surface area contributed by atoms with Gasteiger partial charge in [-0.15, -0.1) is 0 Å². The number of ether oxygens (including phenoxy) is 2. The maximum absolute atomic E-state index is 11.5. The number of phenols is 1. The number of methoxy groups -OCH3 is 1. The van der Waals surface area contributed by atoms with Gasteiger partial charge < -0.3 is 14.6 Å². The van der Waals surface area contributed by atoms with Gasteiger partial charge in [-0.2, -0.15) is 0 Å². The second-order valence-corrected chi connectivity index (χ2v) is 4.70. The molecule has 0 bridgehead atoms. The number of aromatic hydroxyl groups is 1. The highest BCUT2D eigenvalue weighted by atomic mass is 16.6. The fourth-order valence-electron chi connectivity index (χ4n) is 2.40. The molecule has 0 spiro atoms. The summed E-state index contributed by atoms with van der Waals surface area (Å²) in [5, 5.41) is 10.0. The summed E-state index contributed by atoms with van der Waals surface area (Å²) in [6.07, 6.45) is 0.766. The van der Waals surface area contributed by atoms with Gasteiger partial charge in [0.1, 0.15) is 11.5 Å². The van der Waals surface area contributed by atoms with Crippen LogP contribution in [0.3, 0.4) is 0 Å². The van der Waals surface area contributed by atoms with Crippen molar-refractivity contribution < 1.29 is 19.4 Å². The third kappa shape index (κ3) is 1.82. The quantitative estimate of drug-likeness (QED) is 0.776. The Kier molecular flexibility index (Phi) is 3.20. The molecular formula is C14H18O4. The summed E-state index contributed by atoms with van der Waals surface area (Å²) in [4.78, 5) is 11.5. The molecular weight excluding hydrogens is 232 g/mol. The molecule has 1 aromatic carbocycles. The van der Waals surface area contributed by atoms with E-state index in [1.165, 1.54) is 7.11 Å². The number of hydrogen-bond donors (Lipinski definition) is 1. The van der Waals surface area contributed by atoms with Gasteiger partial charge in [0.2, 0.25) is 0 Å². The number of carbonyl (C=O) groups excluding carboxylic acids is 1. The van der Waals surface area contributed by atoms with Crippen molar-refractivity contribution in [2.24, 2.45) is 0 Å². The Balaban J connectivity index is 2.47. The minimum atomic E-state index is -0.537. The van der Waals surface area contributed by atoms with Crippen molar-refractivity contribution in [3.8, 4) is 11.5 Å². The van der Waals surface area contributed by atoms with Crippen LogP contribution in [0.25, 0.3) is 0 Å². The monoisotopic (exact) mass is 250 g/mol. The van der Waals surface area contributed by atoms with Gasteiger partial charge in [0.05, 0.1) is 7.11 Å². The van der Waals surface area contributed by atoms with Crippen molar-refractivity contribution in [3.05, 3.63) is 22.3 Å². The van der Waals surface area contributed by atoms with Crippen LogP contribution in [0.4, 0.5) is 0 Å². The average Bonchev–Trinajstić information content (AvgIpc) is 2.41. The van der Waals surface area contributed by atoms with Crippen molar-refractivity contribution in [2.75, 3.05) is 7.11 Å². The Morgan fingerprint density at radius 2 is 1.94 bits per heavy atom. The predicted molar refractivity (Wildman–Crippen MR) is 67.1 cm³/mol. The van der Waals surface area contributed by atoms with Gasteiger partial charge in [-0.3, -0.25) is 0 Å². The Bertz CT molecular complexity index is 505. The largest absolute Gasteiger partial charge is 0.507 e. The molecule has 0 fully saturated rings. The van der Waals surface area contributed by atoms with Crippen LogP contribution in [0.5, 0.6) is 11.5 Å². The minimum Gasteiger partial charge on any atom is -0.507 e. The molecule has 1 N–H and O–H groups in total. The molecule has 4 nitrogen and oxygen atoms in total. The lowest BCUT2D eigenvalue weighted by Crippen LogP contribution is -2.33. The van der Waals surface area contributed by atoms with Crippen LogP contribution in [0.2, 0.25) is 0 Å². The summed E-state index contributed by atoms with van der Waals surface area (Å²) < 4.78 is 10.5. The first-order valence-corrected chi connectivity index (χ1v) is 6.03. The number of fused-ring (bicyclic) bond motifs is 1. The summed E-state index contributed by atoms with van der Waals surface area (Å²) in [6.45, 7) is 5.62. The van der Waals surface area contributed by atoms with E-state index in [1.54, 1.807) is 0 Å². The number of carbonyl (C=O) groups is 1. The van der Waals surface area contributed by atoms with E-state index in [1.807, 2.05) is 20.8 Å². The zero-order valence-corrected chi connectivity index (χ0v) is 11.2. The molecule has 18 heavy (non-hydrogen) atoms. The van der Waals surface area contributed by atoms with Gasteiger partial charge in [-0.25, -0.2) is 4.79 Å². The average molecular weight is 250 g/mol. The zero-order chi connectivity index (χ0) is 13.4. The number of esters is 1. The molecule has 1 aromatic rings. The Morgan fingerprint density at radius 3 is 2.56 bits per heavy atom. The first-order valence-electron chi connectivity index (χ1n) is 6.03. The lowest BCUT2D eigenvalue weighted by atomic mass is 9.91. The molecule has 98 valence electrons. The van der Waals surface area contributed by atoms with Gasteiger partial charge in [-0.05, 0) is 50.3 Å². The number of benzene rings is 1. The van der Waals surface area contributed by atoms with Crippen LogP contribution in [-0.2, 0) is 16.0 Å². The molecule has 4 heteroatoms. The molecule has 0 aromatic heterocycles. The Labute approximate surface area is 107 Å². The molecule has 0 saturated heterocycles. The standard InChI is InChI=1S/C14H18O4/c1-7-8(2)13-10(9(3)12(7)15)5-6-11(18-13)14(16)17-4/h11,15H,5-6H2,1-4H3. The SMILES string of the molecule is COC(=O)C1CCc2c(C)c(O)c(C)c(C)c2O1. The van der Waals surface area contributed by atoms with Gasteiger partial charge >= 0.3 is 5.97 Å². The summed E-state index contributed by atoms with van der Waals surface area (Å²) in [7, 11) is 1.36. The summed E-state index contributed by atoms with van der Waals surface area (Å²) in [5.74, 6) is 0.708. The molecule has 0 radical (unpaired) electrons. The van der Waals surface area contributed by atoms with Crippen molar-refractivity contribution >= 4 is 5.97 Å². The van der Waals surface area contributed by atoms with E-state index in [9.17, 15) is 9.90 Å². The number of rotatable bonds is 1. The lowest BCUT2D eigenvalue weighted by molar-refractivity contribution is -0.149. The van der Waals surface area contributed by atoms with Crippen LogP contribution < -0.4 is 4.74 Å². The smallest absolute Gasteiger partial charge is 0.347 e. The third-order valence-electron chi connectivity index (χ3n) is 3.72. The fraction of sp³-hybridized carbons (Fsp3) is 0.500. The van der Waals surface area contributed by atoms with E-state index in [0.717, 1.165) is 34.4 Å². The highest BCUT2D eigenvalue weighted by molar-refractivity contribution is 5.76. The molecule has 2 rings (SSSR count). The van der Waals surface area contributed by atoms with Gasteiger partial charge in [-0.1, -0.05) is 0 Å². The molecule has 1 aliphatic rings. The van der Waals surface area contributed by atoms with Crippen LogP contribution in [0.1, 0.15) is 28.7 Å². The maximum atomic E-state index is 11.5. The summed E-state index contributed by atoms with van der Waals surface area (Å²) in [5.41, 5.74) is 3.53. The molecule has 1 aliphatic heterocycles. The Hall–Kier alpha value is -1.71. The summed E-state index contributed by atoms with van der Waals surface area (Å²) in [6, 6.07) is 0. The molecule has 1 unspecified atom stereocenters. The number of phenolic OH excluding ortho intramolecular Hbond substituents is 1. The van der Waals surface area contributed by atoms with Crippen molar-refractivity contribution in [1.29, 1.82) is 0 Å². The lowest BCUT2D eigenvalue weighted by Gasteiger charge is -2.28. The van der Waals surface area contributed by atoms with E-state index in [0.29, 0.717) is 12.2 Å². The van der Waals surface area contributed by atoms with E-state index in [2.05, 4.69) is 0 Å². The molecule has 1 atom stereocenters. The first kappa shape index (κ1) is 12.7. The van der Waals surface area contributed by atoms with E-state index < -0.39 is 6.10 Å². The highest BCUT2D eigenvalue weighted by Crippen LogP contribution is 2.40. The van der Waals surface area contributed by atoms with Crippen molar-refractivity contribution in [1.82, 2.24) is 0 Å². The normalized spacial score (nSPS) is 17.9. The highest BCUT2D eigenvalue weighted by Gasteiger charge is 2.30. The van der Waals surface area contributed by atoms with Gasteiger partial charge in [0.15, 0.2) is 6.10 Å². The first-order chi connectivity index (χ1) is 8.47. The van der Waals surface area contributed by atoms with Crippen molar-refractivity contribution in [2.45, 2.75) is 39.7 Å². The molecule has 0 amide bonds. The van der Waals surface area contributed by atoms with Crippen LogP contribution in [-0.4, -0.2) is 24.3 Å². The van der Waals surface area contributed by atoms with E-state index >= 15 is 0 Å². The summed E-state index contributed by atoms with van der Waals surface area (Å²) >= 11 is 0. The Morgan fingerprint density at radius 1 is 1.28 bits per heavy atom. The van der Waals surface area contributed by atoms with Gasteiger partial charge in [0.25, 0.3) is 0 Å². The van der Waals surface area contributed by atoms with E-state index in [4.69, 9.17) is 9.47 Å². The maximum Gasteiger partial charge on any atom is 0.347 e. The third-order valence-corrected chi connectivity index (χ3v) is 3.72. The number of hydrogen-bond acceptors (Lipinski definition) is 4. The van der Waals surface area contributed by atoms with Crippen LogP contribution in [0.15, 0.2) is 0 Å². The minimum absolute atomic E-state index is 0.325. The van der Waals surface area contributed by atoms with Gasteiger partial charge in [0, 0.05) is 5.56 Å². The van der Waals surface area contributed by atoms with Crippen molar-refractivity contribution in [3.63, 3.8) is 0 Å². The zero-order valence-electron chi connectivity index (χ0n) is 11.2. The topological polar surface area (TPSA) is 55.8 Å². The molecule has 0 aliphatic carbocycles.